The van der Waals surface area contributed by atoms with Crippen LogP contribution in [-0.2, 0) is 18.4 Å². The normalized spacial score (nSPS) is 32.2. The Labute approximate surface area is 143 Å². The lowest BCUT2D eigenvalue weighted by molar-refractivity contribution is -0.0158. The Balaban J connectivity index is 1.56. The third-order valence-corrected chi connectivity index (χ3v) is 6.90. The molecule has 0 radical (unpaired) electrons. The first-order valence-corrected chi connectivity index (χ1v) is 9.34. The maximum atomic E-state index is 10.1. The highest BCUT2D eigenvalue weighted by Crippen LogP contribution is 2.56. The van der Waals surface area contributed by atoms with Crippen molar-refractivity contribution >= 4 is 0 Å². The largest absolute Gasteiger partial charge is 0.508 e. The summed E-state index contributed by atoms with van der Waals surface area (Å²) in [6.07, 6.45) is 11.3. The number of rotatable bonds is 2. The van der Waals surface area contributed by atoms with Crippen LogP contribution in [0, 0.1) is 5.92 Å². The van der Waals surface area contributed by atoms with E-state index >= 15 is 0 Å². The lowest BCUT2D eigenvalue weighted by Gasteiger charge is -2.59. The first-order valence-electron chi connectivity index (χ1n) is 9.34. The Hall–Kier alpha value is -1.74. The summed E-state index contributed by atoms with van der Waals surface area (Å²) in [6, 6.07) is 8.85. The van der Waals surface area contributed by atoms with Gasteiger partial charge >= 0.3 is 0 Å². The molecule has 5 rings (SSSR count). The lowest BCUT2D eigenvalue weighted by atomic mass is 9.52. The van der Waals surface area contributed by atoms with Crippen LogP contribution in [0.4, 0.5) is 0 Å². The number of phenolic OH excluding ortho intramolecular Hbond substituents is 1. The van der Waals surface area contributed by atoms with Crippen molar-refractivity contribution < 1.29 is 9.52 Å². The summed E-state index contributed by atoms with van der Waals surface area (Å²) in [4.78, 5) is 2.69. The van der Waals surface area contributed by atoms with Crippen LogP contribution >= 0.6 is 0 Å². The lowest BCUT2D eigenvalue weighted by Crippen LogP contribution is -2.60. The number of aromatic hydroxyl groups is 1. The van der Waals surface area contributed by atoms with E-state index in [0.717, 1.165) is 25.4 Å². The molecule has 2 aromatic rings. The third kappa shape index (κ3) is 2.07. The average molecular weight is 323 g/mol. The molecule has 2 bridgehead atoms. The van der Waals surface area contributed by atoms with E-state index < -0.39 is 0 Å². The van der Waals surface area contributed by atoms with Gasteiger partial charge in [-0.1, -0.05) is 18.9 Å². The van der Waals surface area contributed by atoms with Gasteiger partial charge in [0.15, 0.2) is 0 Å². The van der Waals surface area contributed by atoms with Crippen LogP contribution in [0.2, 0.25) is 0 Å². The minimum Gasteiger partial charge on any atom is -0.508 e. The number of benzene rings is 1. The predicted molar refractivity (Wildman–Crippen MR) is 93.0 cm³/mol. The Bertz CT molecular complexity index is 738. The van der Waals surface area contributed by atoms with E-state index in [1.165, 1.54) is 48.8 Å². The molecule has 1 aromatic carbocycles. The van der Waals surface area contributed by atoms with Crippen molar-refractivity contribution in [1.29, 1.82) is 0 Å². The summed E-state index contributed by atoms with van der Waals surface area (Å²) in [6.45, 7) is 2.16. The number of nitrogens with zero attached hydrogens (tertiary/aromatic N) is 1. The van der Waals surface area contributed by atoms with Gasteiger partial charge in [0.1, 0.15) is 5.75 Å². The molecule has 0 spiro atoms. The van der Waals surface area contributed by atoms with Crippen molar-refractivity contribution in [3.63, 3.8) is 0 Å². The van der Waals surface area contributed by atoms with E-state index in [9.17, 15) is 5.11 Å². The zero-order valence-electron chi connectivity index (χ0n) is 14.1. The molecule has 0 unspecified atom stereocenters. The van der Waals surface area contributed by atoms with E-state index in [2.05, 4.69) is 23.1 Å². The topological polar surface area (TPSA) is 36.6 Å². The number of likely N-dealkylation sites (tertiary alicyclic amines) is 1. The highest BCUT2D eigenvalue weighted by atomic mass is 16.3. The molecule has 1 saturated heterocycles. The van der Waals surface area contributed by atoms with Crippen molar-refractivity contribution in [2.75, 3.05) is 6.54 Å². The van der Waals surface area contributed by atoms with Crippen LogP contribution in [0.3, 0.4) is 0 Å². The third-order valence-electron chi connectivity index (χ3n) is 6.90. The Morgan fingerprint density at radius 1 is 1.21 bits per heavy atom. The maximum absolute atomic E-state index is 10.1. The summed E-state index contributed by atoms with van der Waals surface area (Å²) in [5, 5.41) is 10.1. The fraction of sp³-hybridized carbons (Fsp3) is 0.524. The summed E-state index contributed by atoms with van der Waals surface area (Å²) in [5.74, 6) is 1.17. The number of phenols is 1. The van der Waals surface area contributed by atoms with Crippen molar-refractivity contribution in [2.24, 2.45) is 5.92 Å². The van der Waals surface area contributed by atoms with Gasteiger partial charge in [0.2, 0.25) is 0 Å². The minimum absolute atomic E-state index is 0.308. The molecule has 3 aliphatic rings. The van der Waals surface area contributed by atoms with E-state index in [1.807, 2.05) is 12.3 Å². The molecule has 1 saturated carbocycles. The predicted octanol–water partition coefficient (Wildman–Crippen LogP) is 4.24. The second-order valence-electron chi connectivity index (χ2n) is 7.97. The molecule has 3 atom stereocenters. The summed E-state index contributed by atoms with van der Waals surface area (Å²) < 4.78 is 5.28. The van der Waals surface area contributed by atoms with Crippen LogP contribution < -0.4 is 0 Å². The van der Waals surface area contributed by atoms with E-state index in [0.29, 0.717) is 17.2 Å². The number of furan rings is 1. The number of piperidine rings is 1. The SMILES string of the molecule is Oc1ccc2c(c1)[C@@]13CCCC[C@@H]1[C@@H](C2)N(Cc1ccoc1)CC3. The maximum Gasteiger partial charge on any atom is 0.115 e. The van der Waals surface area contributed by atoms with Gasteiger partial charge in [-0.2, -0.15) is 0 Å². The molecule has 1 N–H and O–H groups in total. The molecule has 2 fully saturated rings. The van der Waals surface area contributed by atoms with Crippen molar-refractivity contribution in [3.8, 4) is 5.75 Å². The van der Waals surface area contributed by atoms with Gasteiger partial charge in [0.05, 0.1) is 12.5 Å². The monoisotopic (exact) mass is 323 g/mol. The van der Waals surface area contributed by atoms with Gasteiger partial charge in [-0.3, -0.25) is 4.90 Å². The average Bonchev–Trinajstić information content (AvgIpc) is 3.11. The Kier molecular flexibility index (Phi) is 3.27. The fourth-order valence-corrected chi connectivity index (χ4v) is 5.89. The molecule has 1 aliphatic heterocycles. The molecular formula is C21H25NO2. The molecule has 2 heterocycles. The van der Waals surface area contributed by atoms with E-state index in [4.69, 9.17) is 4.42 Å². The second kappa shape index (κ2) is 5.38. The highest BCUT2D eigenvalue weighted by Gasteiger charge is 2.53. The molecular weight excluding hydrogens is 298 g/mol. The zero-order valence-corrected chi connectivity index (χ0v) is 14.1. The van der Waals surface area contributed by atoms with Gasteiger partial charge in [0, 0.05) is 23.6 Å². The summed E-state index contributed by atoms with van der Waals surface area (Å²) >= 11 is 0. The van der Waals surface area contributed by atoms with Gasteiger partial charge in [-0.05, 0) is 67.5 Å². The second-order valence-corrected chi connectivity index (χ2v) is 7.97. The Morgan fingerprint density at radius 3 is 3.04 bits per heavy atom. The van der Waals surface area contributed by atoms with Crippen molar-refractivity contribution in [2.45, 2.75) is 56.5 Å². The Morgan fingerprint density at radius 2 is 2.17 bits per heavy atom. The van der Waals surface area contributed by atoms with E-state index in [-0.39, 0.29) is 0 Å². The van der Waals surface area contributed by atoms with Gasteiger partial charge in [-0.15, -0.1) is 0 Å². The van der Waals surface area contributed by atoms with Gasteiger partial charge in [-0.25, -0.2) is 0 Å². The number of hydrogen-bond acceptors (Lipinski definition) is 3. The first kappa shape index (κ1) is 14.6. The molecule has 126 valence electrons. The quantitative estimate of drug-likeness (QED) is 0.898. The molecule has 0 amide bonds. The zero-order chi connectivity index (χ0) is 16.1. The standard InChI is InChI=1S/C21H25NO2/c23-17-5-4-16-11-20-18-3-1-2-7-21(18,19(16)12-17)8-9-22(20)13-15-6-10-24-14-15/h4-6,10,12,14,18,20,23H,1-3,7-9,11,13H2/t18-,20-,21-/m1/s1. The smallest absolute Gasteiger partial charge is 0.115 e. The van der Waals surface area contributed by atoms with Crippen LogP contribution in [0.25, 0.3) is 0 Å². The molecule has 3 heteroatoms. The van der Waals surface area contributed by atoms with E-state index in [1.54, 1.807) is 6.26 Å². The molecule has 1 aromatic heterocycles. The molecule has 3 nitrogen and oxygen atoms in total. The van der Waals surface area contributed by atoms with Gasteiger partial charge in [0.25, 0.3) is 0 Å². The van der Waals surface area contributed by atoms with Crippen LogP contribution in [0.15, 0.2) is 41.2 Å². The molecule has 24 heavy (non-hydrogen) atoms. The van der Waals surface area contributed by atoms with Crippen molar-refractivity contribution in [3.05, 3.63) is 53.5 Å². The minimum atomic E-state index is 0.308. The number of hydrogen-bond donors (Lipinski definition) is 1. The van der Waals surface area contributed by atoms with Crippen molar-refractivity contribution in [1.82, 2.24) is 4.90 Å². The fourth-order valence-electron chi connectivity index (χ4n) is 5.89. The highest BCUT2D eigenvalue weighted by molar-refractivity contribution is 5.45. The first-order chi connectivity index (χ1) is 11.8. The van der Waals surface area contributed by atoms with Gasteiger partial charge < -0.3 is 9.52 Å². The summed E-state index contributed by atoms with van der Waals surface area (Å²) in [5.41, 5.74) is 4.52. The number of fused-ring (bicyclic) bond motifs is 1. The van der Waals surface area contributed by atoms with Crippen LogP contribution in [-0.4, -0.2) is 22.6 Å². The van der Waals surface area contributed by atoms with Crippen LogP contribution in [0.5, 0.6) is 5.75 Å². The van der Waals surface area contributed by atoms with Crippen LogP contribution in [0.1, 0.15) is 48.8 Å². The summed E-state index contributed by atoms with van der Waals surface area (Å²) in [7, 11) is 0. The molecule has 2 aliphatic carbocycles.